The summed E-state index contributed by atoms with van der Waals surface area (Å²) in [5.74, 6) is -2.41. The Balaban J connectivity index is 1.48. The zero-order valence-corrected chi connectivity index (χ0v) is 16.9. The van der Waals surface area contributed by atoms with Crippen molar-refractivity contribution in [2.45, 2.75) is 20.4 Å². The summed E-state index contributed by atoms with van der Waals surface area (Å²) in [4.78, 5) is 24.7. The van der Waals surface area contributed by atoms with Crippen LogP contribution in [0.1, 0.15) is 37.7 Å². The fourth-order valence-electron chi connectivity index (χ4n) is 3.52. The molecule has 1 aromatic heterocycles. The second-order valence-electron chi connectivity index (χ2n) is 7.15. The minimum atomic E-state index is -1.22. The molecule has 0 fully saturated rings. The number of fused-ring (bicyclic) bond motifs is 1. The molecule has 0 spiro atoms. The highest BCUT2D eigenvalue weighted by atomic mass is 19.1. The first kappa shape index (κ1) is 20.6. The Morgan fingerprint density at radius 2 is 1.74 bits per heavy atom. The Hall–Kier alpha value is -3.68. The number of hydrogen-bond acceptors (Lipinski definition) is 5. The van der Waals surface area contributed by atoms with Crippen LogP contribution in [0, 0.1) is 25.5 Å². The number of benzene rings is 2. The number of aromatic nitrogens is 1. The molecule has 0 radical (unpaired) electrons. The van der Waals surface area contributed by atoms with Crippen molar-refractivity contribution < 1.29 is 32.6 Å². The molecule has 3 aromatic rings. The van der Waals surface area contributed by atoms with Gasteiger partial charge in [0.15, 0.2) is 18.1 Å². The van der Waals surface area contributed by atoms with E-state index in [9.17, 15) is 18.4 Å². The summed E-state index contributed by atoms with van der Waals surface area (Å²) in [6.07, 6.45) is 0. The van der Waals surface area contributed by atoms with E-state index in [2.05, 4.69) is 0 Å². The van der Waals surface area contributed by atoms with Gasteiger partial charge in [0, 0.05) is 23.5 Å². The maximum Gasteiger partial charge on any atom is 0.344 e. The second-order valence-corrected chi connectivity index (χ2v) is 7.15. The van der Waals surface area contributed by atoms with Crippen LogP contribution < -0.4 is 9.47 Å². The van der Waals surface area contributed by atoms with Gasteiger partial charge in [-0.1, -0.05) is 12.1 Å². The molecule has 0 bridgehead atoms. The van der Waals surface area contributed by atoms with Crippen LogP contribution in [0.4, 0.5) is 8.78 Å². The van der Waals surface area contributed by atoms with Gasteiger partial charge in [-0.3, -0.25) is 4.79 Å². The fraction of sp³-hybridized carbons (Fsp3) is 0.217. The van der Waals surface area contributed by atoms with Gasteiger partial charge in [-0.05, 0) is 49.7 Å². The lowest BCUT2D eigenvalue weighted by molar-refractivity contribution is 0.0465. The average molecular weight is 427 g/mol. The number of Topliss-reactive ketones (excluding diaryl/α,β-unsaturated/α-hetero) is 1. The number of ether oxygens (including phenoxy) is 3. The van der Waals surface area contributed by atoms with Crippen LogP contribution >= 0.6 is 0 Å². The summed E-state index contributed by atoms with van der Waals surface area (Å²) < 4.78 is 45.0. The number of rotatable bonds is 6. The van der Waals surface area contributed by atoms with Crippen LogP contribution in [0.25, 0.3) is 0 Å². The first-order valence-electron chi connectivity index (χ1n) is 9.54. The van der Waals surface area contributed by atoms with Crippen molar-refractivity contribution >= 4 is 11.8 Å². The zero-order chi connectivity index (χ0) is 22.1. The van der Waals surface area contributed by atoms with Crippen molar-refractivity contribution in [3.8, 4) is 11.5 Å². The van der Waals surface area contributed by atoms with Crippen molar-refractivity contribution in [2.24, 2.45) is 0 Å². The highest BCUT2D eigenvalue weighted by Gasteiger charge is 2.22. The summed E-state index contributed by atoms with van der Waals surface area (Å²) in [7, 11) is 0. The van der Waals surface area contributed by atoms with Crippen molar-refractivity contribution in [3.63, 3.8) is 0 Å². The van der Waals surface area contributed by atoms with E-state index in [0.717, 1.165) is 29.5 Å². The molecule has 0 saturated heterocycles. The molecule has 0 amide bonds. The predicted octanol–water partition coefficient (Wildman–Crippen LogP) is 4.20. The second kappa shape index (κ2) is 8.22. The van der Waals surface area contributed by atoms with Gasteiger partial charge in [-0.15, -0.1) is 0 Å². The van der Waals surface area contributed by atoms with E-state index in [-0.39, 0.29) is 6.79 Å². The SMILES string of the molecule is Cc1cc(C(=O)COC(=O)c2c(F)cccc2F)c(C)n1Cc1ccc2c(c1)OCO2. The van der Waals surface area contributed by atoms with Gasteiger partial charge in [0.25, 0.3) is 0 Å². The first-order chi connectivity index (χ1) is 14.8. The topological polar surface area (TPSA) is 66.8 Å². The largest absolute Gasteiger partial charge is 0.454 e. The van der Waals surface area contributed by atoms with Crippen LogP contribution in [-0.2, 0) is 11.3 Å². The van der Waals surface area contributed by atoms with Gasteiger partial charge in [0.05, 0.1) is 0 Å². The van der Waals surface area contributed by atoms with Crippen molar-refractivity contribution in [1.29, 1.82) is 0 Å². The monoisotopic (exact) mass is 427 g/mol. The number of nitrogens with zero attached hydrogens (tertiary/aromatic N) is 1. The van der Waals surface area contributed by atoms with Crippen LogP contribution in [0.2, 0.25) is 0 Å². The standard InChI is InChI=1S/C23H19F2NO5/c1-13-8-16(19(27)11-29-23(28)22-17(24)4-3-5-18(22)25)14(2)26(13)10-15-6-7-20-21(9-15)31-12-30-20/h3-9H,10-12H2,1-2H3. The Bertz CT molecular complexity index is 1160. The molecule has 2 heterocycles. The van der Waals surface area contributed by atoms with Crippen molar-refractivity contribution in [2.75, 3.05) is 13.4 Å². The third-order valence-corrected chi connectivity index (χ3v) is 5.15. The molecular formula is C23H19F2NO5. The number of esters is 1. The van der Waals surface area contributed by atoms with Gasteiger partial charge >= 0.3 is 5.97 Å². The molecular weight excluding hydrogens is 408 g/mol. The molecule has 0 unspecified atom stereocenters. The van der Waals surface area contributed by atoms with Crippen molar-refractivity contribution in [3.05, 3.63) is 82.2 Å². The Kier molecular flexibility index (Phi) is 5.46. The number of aryl methyl sites for hydroxylation is 1. The molecule has 1 aliphatic rings. The van der Waals surface area contributed by atoms with E-state index < -0.39 is 35.6 Å². The van der Waals surface area contributed by atoms with Crippen LogP contribution in [-0.4, -0.2) is 29.7 Å². The molecule has 1 aliphatic heterocycles. The Labute approximate surface area is 177 Å². The normalized spacial score (nSPS) is 12.1. The highest BCUT2D eigenvalue weighted by Crippen LogP contribution is 2.33. The Morgan fingerprint density at radius 3 is 2.48 bits per heavy atom. The minimum Gasteiger partial charge on any atom is -0.454 e. The van der Waals surface area contributed by atoms with E-state index >= 15 is 0 Å². The molecule has 6 nitrogen and oxygen atoms in total. The van der Waals surface area contributed by atoms with Crippen molar-refractivity contribution in [1.82, 2.24) is 4.57 Å². The van der Waals surface area contributed by atoms with Crippen LogP contribution in [0.15, 0.2) is 42.5 Å². The number of ketones is 1. The van der Waals surface area contributed by atoms with Gasteiger partial charge in [0.2, 0.25) is 12.6 Å². The zero-order valence-electron chi connectivity index (χ0n) is 16.9. The third kappa shape index (κ3) is 4.01. The average Bonchev–Trinajstić information content (AvgIpc) is 3.31. The van der Waals surface area contributed by atoms with E-state index in [0.29, 0.717) is 29.3 Å². The summed E-state index contributed by atoms with van der Waals surface area (Å²) in [6.45, 7) is 3.71. The lowest BCUT2D eigenvalue weighted by atomic mass is 10.1. The lowest BCUT2D eigenvalue weighted by Gasteiger charge is -2.11. The first-order valence-corrected chi connectivity index (χ1v) is 9.54. The molecule has 0 atom stereocenters. The highest BCUT2D eigenvalue weighted by molar-refractivity contribution is 6.00. The summed E-state index contributed by atoms with van der Waals surface area (Å²) in [5.41, 5.74) is 2.05. The number of carbonyl (C=O) groups excluding carboxylic acids is 2. The van der Waals surface area contributed by atoms with Crippen LogP contribution in [0.3, 0.4) is 0 Å². The van der Waals surface area contributed by atoms with Gasteiger partial charge in [0.1, 0.15) is 17.2 Å². The van der Waals surface area contributed by atoms with E-state index in [1.54, 1.807) is 13.0 Å². The number of halogens is 2. The van der Waals surface area contributed by atoms with E-state index in [4.69, 9.17) is 14.2 Å². The number of hydrogen-bond donors (Lipinski definition) is 0. The molecule has 0 saturated carbocycles. The molecule has 160 valence electrons. The van der Waals surface area contributed by atoms with Gasteiger partial charge in [-0.25, -0.2) is 13.6 Å². The molecule has 8 heteroatoms. The summed E-state index contributed by atoms with van der Waals surface area (Å²) in [6, 6.07) is 10.4. The number of carbonyl (C=O) groups is 2. The van der Waals surface area contributed by atoms with Crippen LogP contribution in [0.5, 0.6) is 11.5 Å². The van der Waals surface area contributed by atoms with E-state index in [1.807, 2.05) is 29.7 Å². The molecule has 31 heavy (non-hydrogen) atoms. The molecule has 4 rings (SSSR count). The van der Waals surface area contributed by atoms with Gasteiger partial charge < -0.3 is 18.8 Å². The van der Waals surface area contributed by atoms with E-state index in [1.165, 1.54) is 0 Å². The maximum absolute atomic E-state index is 13.7. The third-order valence-electron chi connectivity index (χ3n) is 5.15. The molecule has 0 N–H and O–H groups in total. The minimum absolute atomic E-state index is 0.189. The van der Waals surface area contributed by atoms with Gasteiger partial charge in [-0.2, -0.15) is 0 Å². The summed E-state index contributed by atoms with van der Waals surface area (Å²) >= 11 is 0. The molecule has 0 aliphatic carbocycles. The Morgan fingerprint density at radius 1 is 1.03 bits per heavy atom. The molecule has 2 aromatic carbocycles. The smallest absolute Gasteiger partial charge is 0.344 e. The maximum atomic E-state index is 13.7. The fourth-order valence-corrected chi connectivity index (χ4v) is 3.52. The lowest BCUT2D eigenvalue weighted by Crippen LogP contribution is -2.17. The quantitative estimate of drug-likeness (QED) is 0.436. The predicted molar refractivity (Wildman–Crippen MR) is 107 cm³/mol. The summed E-state index contributed by atoms with van der Waals surface area (Å²) in [5, 5.41) is 0.